The van der Waals surface area contributed by atoms with Crippen molar-refractivity contribution < 1.29 is 9.53 Å². The fourth-order valence-electron chi connectivity index (χ4n) is 1.80. The minimum atomic E-state index is -0.0454. The van der Waals surface area contributed by atoms with Crippen molar-refractivity contribution in [3.8, 4) is 0 Å². The zero-order valence-corrected chi connectivity index (χ0v) is 17.7. The Morgan fingerprint density at radius 1 is 1.25 bits per heavy atom. The number of halogens is 2. The van der Waals surface area contributed by atoms with Gasteiger partial charge in [-0.2, -0.15) is 0 Å². The second-order valence-electron chi connectivity index (χ2n) is 5.33. The van der Waals surface area contributed by atoms with Crippen LogP contribution in [0.5, 0.6) is 0 Å². The molecule has 0 fully saturated rings. The highest BCUT2D eigenvalue weighted by Gasteiger charge is 2.09. The second-order valence-corrected chi connectivity index (χ2v) is 5.77. The van der Waals surface area contributed by atoms with Crippen molar-refractivity contribution in [2.75, 3.05) is 47.9 Å². The highest BCUT2D eigenvalue weighted by Crippen LogP contribution is 2.11. The van der Waals surface area contributed by atoms with E-state index in [4.69, 9.17) is 16.3 Å². The van der Waals surface area contributed by atoms with Gasteiger partial charge < -0.3 is 19.9 Å². The lowest BCUT2D eigenvalue weighted by atomic mass is 10.2. The first kappa shape index (κ1) is 22.9. The van der Waals surface area contributed by atoms with Gasteiger partial charge in [0.1, 0.15) is 6.54 Å². The van der Waals surface area contributed by atoms with E-state index in [1.807, 2.05) is 36.2 Å². The maximum absolute atomic E-state index is 11.7. The molecule has 0 atom stereocenters. The van der Waals surface area contributed by atoms with Crippen LogP contribution >= 0.6 is 35.6 Å². The van der Waals surface area contributed by atoms with E-state index in [9.17, 15) is 4.79 Å². The van der Waals surface area contributed by atoms with Gasteiger partial charge in [-0.05, 0) is 17.7 Å². The number of benzene rings is 1. The number of guanidine groups is 1. The molecule has 136 valence electrons. The zero-order valence-electron chi connectivity index (χ0n) is 14.6. The van der Waals surface area contributed by atoms with Crippen LogP contribution in [0.4, 0.5) is 0 Å². The quantitative estimate of drug-likeness (QED) is 0.288. The predicted octanol–water partition coefficient (Wildman–Crippen LogP) is 2.07. The topological polar surface area (TPSA) is 57.2 Å². The molecule has 0 spiro atoms. The Morgan fingerprint density at radius 3 is 2.42 bits per heavy atom. The molecule has 1 aromatic rings. The molecule has 0 bridgehead atoms. The van der Waals surface area contributed by atoms with E-state index in [1.165, 1.54) is 4.90 Å². The van der Waals surface area contributed by atoms with Crippen molar-refractivity contribution in [2.45, 2.75) is 6.54 Å². The molecule has 1 aromatic carbocycles. The van der Waals surface area contributed by atoms with E-state index in [2.05, 4.69) is 10.3 Å². The molecular formula is C16H26ClIN4O2. The number of carbonyl (C=O) groups excluding carboxylic acids is 1. The number of likely N-dealkylation sites (N-methyl/N-ethyl adjacent to an activating group) is 1. The monoisotopic (exact) mass is 468 g/mol. The zero-order chi connectivity index (χ0) is 17.2. The van der Waals surface area contributed by atoms with Gasteiger partial charge in [0.2, 0.25) is 5.91 Å². The lowest BCUT2D eigenvalue weighted by Crippen LogP contribution is -2.40. The van der Waals surface area contributed by atoms with Gasteiger partial charge >= 0.3 is 0 Å². The number of nitrogens with one attached hydrogen (secondary N) is 1. The van der Waals surface area contributed by atoms with Gasteiger partial charge in [0.05, 0.1) is 6.61 Å². The highest BCUT2D eigenvalue weighted by molar-refractivity contribution is 14.0. The molecular weight excluding hydrogens is 443 g/mol. The van der Waals surface area contributed by atoms with Crippen LogP contribution in [0.15, 0.2) is 29.3 Å². The molecule has 1 amide bonds. The number of hydrogen-bond acceptors (Lipinski definition) is 3. The largest absolute Gasteiger partial charge is 0.383 e. The molecule has 0 aliphatic heterocycles. The van der Waals surface area contributed by atoms with Crippen LogP contribution in [0.2, 0.25) is 5.02 Å². The van der Waals surface area contributed by atoms with Crippen molar-refractivity contribution in [3.05, 3.63) is 34.9 Å². The molecule has 0 aromatic heterocycles. The summed E-state index contributed by atoms with van der Waals surface area (Å²) >= 11 is 5.90. The van der Waals surface area contributed by atoms with Gasteiger partial charge in [0.25, 0.3) is 0 Å². The fraction of sp³-hybridized carbons (Fsp3) is 0.500. The van der Waals surface area contributed by atoms with Crippen LogP contribution in [0, 0.1) is 0 Å². The molecule has 0 saturated heterocycles. The summed E-state index contributed by atoms with van der Waals surface area (Å²) in [4.78, 5) is 19.6. The van der Waals surface area contributed by atoms with Gasteiger partial charge in [-0.15, -0.1) is 24.0 Å². The van der Waals surface area contributed by atoms with E-state index in [0.717, 1.165) is 5.56 Å². The SMILES string of the molecule is COCCNC(=NCC(=O)N(C)C)N(C)Cc1ccc(Cl)cc1.I. The first-order valence-electron chi connectivity index (χ1n) is 7.37. The third-order valence-corrected chi connectivity index (χ3v) is 3.40. The van der Waals surface area contributed by atoms with Crippen LogP contribution in [0.25, 0.3) is 0 Å². The molecule has 0 heterocycles. The summed E-state index contributed by atoms with van der Waals surface area (Å²) in [7, 11) is 7.00. The molecule has 0 unspecified atom stereocenters. The summed E-state index contributed by atoms with van der Waals surface area (Å²) in [6.07, 6.45) is 0. The summed E-state index contributed by atoms with van der Waals surface area (Å²) in [5.74, 6) is 0.614. The van der Waals surface area contributed by atoms with Crippen molar-refractivity contribution >= 4 is 47.4 Å². The van der Waals surface area contributed by atoms with E-state index in [1.54, 1.807) is 21.2 Å². The number of rotatable bonds is 7. The molecule has 0 saturated carbocycles. The number of aliphatic imine (C=N–C) groups is 1. The van der Waals surface area contributed by atoms with Crippen LogP contribution in [0.3, 0.4) is 0 Å². The molecule has 8 heteroatoms. The third-order valence-electron chi connectivity index (χ3n) is 3.15. The summed E-state index contributed by atoms with van der Waals surface area (Å²) in [6.45, 7) is 1.95. The minimum Gasteiger partial charge on any atom is -0.383 e. The van der Waals surface area contributed by atoms with Gasteiger partial charge in [-0.1, -0.05) is 23.7 Å². The molecule has 0 aliphatic carbocycles. The van der Waals surface area contributed by atoms with Crippen LogP contribution in [0.1, 0.15) is 5.56 Å². The summed E-state index contributed by atoms with van der Waals surface area (Å²) in [5.41, 5.74) is 1.11. The van der Waals surface area contributed by atoms with Gasteiger partial charge in [0, 0.05) is 46.4 Å². The maximum atomic E-state index is 11.7. The van der Waals surface area contributed by atoms with E-state index >= 15 is 0 Å². The smallest absolute Gasteiger partial charge is 0.243 e. The van der Waals surface area contributed by atoms with Crippen molar-refractivity contribution in [3.63, 3.8) is 0 Å². The van der Waals surface area contributed by atoms with Crippen molar-refractivity contribution in [1.29, 1.82) is 0 Å². The Morgan fingerprint density at radius 2 is 1.88 bits per heavy atom. The highest BCUT2D eigenvalue weighted by atomic mass is 127. The van der Waals surface area contributed by atoms with Gasteiger partial charge in [-0.25, -0.2) is 4.99 Å². The Hall–Kier alpha value is -1.06. The normalized spacial score (nSPS) is 10.8. The van der Waals surface area contributed by atoms with E-state index < -0.39 is 0 Å². The lowest BCUT2D eigenvalue weighted by Gasteiger charge is -2.23. The molecule has 1 N–H and O–H groups in total. The van der Waals surface area contributed by atoms with Gasteiger partial charge in [-0.3, -0.25) is 4.79 Å². The van der Waals surface area contributed by atoms with E-state index in [-0.39, 0.29) is 36.4 Å². The average Bonchev–Trinajstić information content (AvgIpc) is 2.52. The van der Waals surface area contributed by atoms with Crippen molar-refractivity contribution in [1.82, 2.24) is 15.1 Å². The van der Waals surface area contributed by atoms with Crippen LogP contribution < -0.4 is 5.32 Å². The second kappa shape index (κ2) is 12.3. The molecule has 0 radical (unpaired) electrons. The standard InChI is InChI=1S/C16H25ClN4O2.HI/c1-20(2)15(22)11-19-16(18-9-10-23-4)21(3)12-13-5-7-14(17)8-6-13;/h5-8H,9-12H2,1-4H3,(H,18,19);1H. The van der Waals surface area contributed by atoms with Crippen molar-refractivity contribution in [2.24, 2.45) is 4.99 Å². The summed E-state index contributed by atoms with van der Waals surface area (Å²) in [5, 5.41) is 3.91. The summed E-state index contributed by atoms with van der Waals surface area (Å²) < 4.78 is 5.04. The molecule has 6 nitrogen and oxygen atoms in total. The Bertz CT molecular complexity index is 523. The molecule has 24 heavy (non-hydrogen) atoms. The number of methoxy groups -OCH3 is 1. The van der Waals surface area contributed by atoms with E-state index in [0.29, 0.717) is 30.7 Å². The van der Waals surface area contributed by atoms with Crippen LogP contribution in [-0.2, 0) is 16.1 Å². The number of amides is 1. The lowest BCUT2D eigenvalue weighted by molar-refractivity contribution is -0.127. The number of ether oxygens (including phenoxy) is 1. The number of carbonyl (C=O) groups is 1. The number of hydrogen-bond donors (Lipinski definition) is 1. The predicted molar refractivity (Wildman–Crippen MR) is 109 cm³/mol. The average molecular weight is 469 g/mol. The third kappa shape index (κ3) is 8.70. The first-order valence-corrected chi connectivity index (χ1v) is 7.74. The Kier molecular flexibility index (Phi) is 11.8. The first-order chi connectivity index (χ1) is 10.9. The Balaban J connectivity index is 0.00000529. The minimum absolute atomic E-state index is 0. The fourth-order valence-corrected chi connectivity index (χ4v) is 1.92. The summed E-state index contributed by atoms with van der Waals surface area (Å²) in [6, 6.07) is 7.65. The molecule has 1 rings (SSSR count). The van der Waals surface area contributed by atoms with Crippen LogP contribution in [-0.4, -0.2) is 69.6 Å². The number of nitrogens with zero attached hydrogens (tertiary/aromatic N) is 3. The maximum Gasteiger partial charge on any atom is 0.243 e. The Labute approximate surface area is 166 Å². The molecule has 0 aliphatic rings. The van der Waals surface area contributed by atoms with Gasteiger partial charge in [0.15, 0.2) is 5.96 Å².